The van der Waals surface area contributed by atoms with Crippen LogP contribution in [0.4, 0.5) is 0 Å². The number of aliphatic hydroxyl groups excluding tert-OH is 2. The molecule has 2 heterocycles. The first-order valence-corrected chi connectivity index (χ1v) is 18.5. The number of aliphatic carboxylic acids is 1. The highest BCUT2D eigenvalue weighted by Crippen LogP contribution is 2.47. The van der Waals surface area contributed by atoms with Crippen molar-refractivity contribution in [2.75, 3.05) is 0 Å². The van der Waals surface area contributed by atoms with E-state index in [9.17, 15) is 30.3 Å². The molecule has 0 amide bonds. The van der Waals surface area contributed by atoms with Gasteiger partial charge in [0.25, 0.3) is 0 Å². The highest BCUT2D eigenvalue weighted by atomic mass is 16.4. The normalized spacial score (nSPS) is 22.4. The molecule has 8 heteroatoms. The fourth-order valence-electron chi connectivity index (χ4n) is 7.84. The van der Waals surface area contributed by atoms with E-state index >= 15 is 0 Å². The largest absolute Gasteiger partial charge is 0.872 e. The van der Waals surface area contributed by atoms with E-state index in [4.69, 9.17) is 0 Å². The maximum Gasteiger partial charge on any atom is 0.309 e. The minimum Gasteiger partial charge on any atom is -0.872 e. The molecule has 6 atom stereocenters. The van der Waals surface area contributed by atoms with E-state index in [0.717, 1.165) is 73.9 Å². The van der Waals surface area contributed by atoms with E-state index in [1.165, 1.54) is 31.7 Å². The number of H-pyrrole nitrogens is 1. The van der Waals surface area contributed by atoms with Gasteiger partial charge in [0.05, 0.1) is 29.8 Å². The van der Waals surface area contributed by atoms with Crippen LogP contribution in [0.15, 0.2) is 53.0 Å². The summed E-state index contributed by atoms with van der Waals surface area (Å²) in [6.45, 7) is 3.99. The lowest BCUT2D eigenvalue weighted by Gasteiger charge is -2.32. The summed E-state index contributed by atoms with van der Waals surface area (Å²) >= 11 is 0. The molecule has 48 heavy (non-hydrogen) atoms. The lowest BCUT2D eigenvalue weighted by Crippen LogP contribution is -2.37. The molecule has 0 bridgehead atoms. The lowest BCUT2D eigenvalue weighted by molar-refractivity contribution is -0.268. The van der Waals surface area contributed by atoms with Crippen LogP contribution in [0, 0.1) is 24.3 Å². The first kappa shape index (κ1) is 37.7. The summed E-state index contributed by atoms with van der Waals surface area (Å²) in [6.07, 6.45) is 17.5. The molecule has 1 fully saturated rings. The van der Waals surface area contributed by atoms with Crippen LogP contribution in [-0.2, 0) is 11.2 Å². The molecular weight excluding hydrogens is 604 g/mol. The van der Waals surface area contributed by atoms with Crippen molar-refractivity contribution in [2.45, 2.75) is 140 Å². The topological polar surface area (TPSA) is 149 Å². The number of benzene rings is 1. The van der Waals surface area contributed by atoms with Gasteiger partial charge in [0.1, 0.15) is 12.1 Å². The molecule has 264 valence electrons. The van der Waals surface area contributed by atoms with Gasteiger partial charge in [-0.1, -0.05) is 89.0 Å². The number of aromatic amines is 1. The molecule has 8 nitrogen and oxygen atoms in total. The van der Waals surface area contributed by atoms with E-state index in [1.54, 1.807) is 18.7 Å². The number of unbranched alkanes of at least 4 members (excludes halogenated alkanes) is 7. The van der Waals surface area contributed by atoms with E-state index in [2.05, 4.69) is 16.9 Å². The molecule has 1 aliphatic heterocycles. The van der Waals surface area contributed by atoms with Gasteiger partial charge in [0, 0.05) is 17.8 Å². The Bertz CT molecular complexity index is 1320. The second-order valence-corrected chi connectivity index (χ2v) is 14.5. The Balaban J connectivity index is 1.27. The van der Waals surface area contributed by atoms with Crippen molar-refractivity contribution >= 4 is 12.2 Å². The summed E-state index contributed by atoms with van der Waals surface area (Å²) in [4.78, 5) is 19.8. The number of carboxylic acid groups (broad SMARTS) is 1. The molecular formula is C40H58N2O6. The van der Waals surface area contributed by atoms with Gasteiger partial charge in [0.2, 0.25) is 0 Å². The Morgan fingerprint density at radius 2 is 1.73 bits per heavy atom. The molecule has 0 radical (unpaired) electrons. The third kappa shape index (κ3) is 11.8. The molecule has 1 aromatic carbocycles. The summed E-state index contributed by atoms with van der Waals surface area (Å²) in [5.74, 6) is -1.71. The molecule has 0 unspecified atom stereocenters. The molecule has 4 rings (SSSR count). The van der Waals surface area contributed by atoms with Crippen LogP contribution in [-0.4, -0.2) is 55.4 Å². The number of hydrogen-bond acceptors (Lipinski definition) is 6. The van der Waals surface area contributed by atoms with Gasteiger partial charge in [0.15, 0.2) is 6.21 Å². The first-order chi connectivity index (χ1) is 23.2. The number of allylic oxidation sites excluding steroid dienone is 1. The Kier molecular flexibility index (Phi) is 15.1. The number of carbonyl (C=O) groups is 1. The van der Waals surface area contributed by atoms with E-state index in [1.807, 2.05) is 30.5 Å². The van der Waals surface area contributed by atoms with Gasteiger partial charge in [-0.15, -0.1) is 10.7 Å². The molecule has 0 spiro atoms. The monoisotopic (exact) mass is 662 g/mol. The summed E-state index contributed by atoms with van der Waals surface area (Å²) in [6, 6.07) is 10.7. The van der Waals surface area contributed by atoms with Gasteiger partial charge in [-0.05, 0) is 80.9 Å². The molecule has 0 saturated heterocycles. The Morgan fingerprint density at radius 3 is 2.40 bits per heavy atom. The van der Waals surface area contributed by atoms with E-state index < -0.39 is 23.6 Å². The van der Waals surface area contributed by atoms with Crippen molar-refractivity contribution in [3.8, 4) is 17.0 Å². The van der Waals surface area contributed by atoms with Crippen LogP contribution in [0.2, 0.25) is 0 Å². The zero-order valence-corrected chi connectivity index (χ0v) is 28.9. The SMILES string of the molecule is CCCCCCC[C@H](O)CCCCCC[C@H](C(=O)O)[C@H](O)CC[C@@]1(O)C[C@@H](CC2=C[CH+]N=C2)C[C@H]1Cc1ccc(-c2cccc([O-])c2)[nH]1. The summed E-state index contributed by atoms with van der Waals surface area (Å²) in [5.41, 5.74) is 2.77. The predicted molar refractivity (Wildman–Crippen MR) is 189 cm³/mol. The Hall–Kier alpha value is -3.07. The van der Waals surface area contributed by atoms with Crippen molar-refractivity contribution in [1.82, 2.24) is 4.98 Å². The van der Waals surface area contributed by atoms with Crippen molar-refractivity contribution < 1.29 is 30.3 Å². The smallest absolute Gasteiger partial charge is 0.309 e. The van der Waals surface area contributed by atoms with Gasteiger partial charge >= 0.3 is 5.97 Å². The number of rotatable bonds is 23. The van der Waals surface area contributed by atoms with Gasteiger partial charge < -0.3 is 30.5 Å². The van der Waals surface area contributed by atoms with Crippen LogP contribution in [0.25, 0.3) is 11.3 Å². The highest BCUT2D eigenvalue weighted by molar-refractivity contribution is 5.82. The molecule has 1 aliphatic carbocycles. The van der Waals surface area contributed by atoms with E-state index in [0.29, 0.717) is 32.1 Å². The number of aromatic nitrogens is 1. The second-order valence-electron chi connectivity index (χ2n) is 14.5. The van der Waals surface area contributed by atoms with Gasteiger partial charge in [-0.3, -0.25) is 4.79 Å². The maximum absolute atomic E-state index is 12.2. The van der Waals surface area contributed by atoms with Crippen molar-refractivity contribution in [1.29, 1.82) is 0 Å². The highest BCUT2D eigenvalue weighted by Gasteiger charge is 2.47. The van der Waals surface area contributed by atoms with E-state index in [-0.39, 0.29) is 30.1 Å². The first-order valence-electron chi connectivity index (χ1n) is 18.5. The van der Waals surface area contributed by atoms with Gasteiger partial charge in [-0.25, -0.2) is 0 Å². The lowest BCUT2D eigenvalue weighted by atomic mass is 9.81. The fraction of sp³-hybridized carbons (Fsp3) is 0.625. The standard InChI is InChI=1S/C40H58N2O6/c1-2-3-4-5-8-13-34(43)14-9-6-7-10-16-36(39(46)47)38(45)19-21-40(48)27-30(23-29-20-22-41-28-29)24-32(40)26-33-17-18-37(42-33)31-12-11-15-35(44)25-31/h11-12,15,17-18,20,22,25,28,30,32,34,36,38,42-43,45,48H,2-10,13-14,16,19,21,23-24,26-27H2,1H3,(H-,44,46,47)/t30-,32-,34-,36-,38+,40+/m0/s1. The van der Waals surface area contributed by atoms with Crippen LogP contribution < -0.4 is 5.11 Å². The second kappa shape index (κ2) is 19.2. The van der Waals surface area contributed by atoms with Crippen LogP contribution >= 0.6 is 0 Å². The van der Waals surface area contributed by atoms with Gasteiger partial charge in [-0.2, -0.15) is 0 Å². The average Bonchev–Trinajstić information content (AvgIpc) is 3.81. The molecule has 1 aromatic heterocycles. The quantitative estimate of drug-likeness (QED) is 0.0614. The predicted octanol–water partition coefficient (Wildman–Crippen LogP) is 7.52. The summed E-state index contributed by atoms with van der Waals surface area (Å²) in [7, 11) is 0. The number of aliphatic imine (C=N–C) groups is 1. The molecule has 2 aliphatic rings. The number of nitrogens with one attached hydrogen (secondary N) is 1. The molecule has 2 aromatic rings. The Morgan fingerprint density at radius 1 is 1.00 bits per heavy atom. The Labute approximate surface area is 287 Å². The van der Waals surface area contributed by atoms with Crippen molar-refractivity contribution in [2.24, 2.45) is 22.7 Å². The fourth-order valence-corrected chi connectivity index (χ4v) is 7.84. The summed E-state index contributed by atoms with van der Waals surface area (Å²) in [5, 5.41) is 55.3. The number of nitrogens with zero attached hydrogens (tertiary/aromatic N) is 1. The third-order valence-corrected chi connectivity index (χ3v) is 10.6. The van der Waals surface area contributed by atoms with Crippen molar-refractivity contribution in [3.63, 3.8) is 0 Å². The number of hydrogen-bond donors (Lipinski definition) is 5. The third-order valence-electron chi connectivity index (χ3n) is 10.6. The number of aliphatic hydroxyl groups is 3. The zero-order valence-electron chi connectivity index (χ0n) is 28.9. The van der Waals surface area contributed by atoms with Crippen molar-refractivity contribution in [3.05, 3.63) is 60.3 Å². The zero-order chi connectivity index (χ0) is 34.4. The summed E-state index contributed by atoms with van der Waals surface area (Å²) < 4.78 is 0. The van der Waals surface area contributed by atoms with Crippen LogP contribution in [0.1, 0.15) is 122 Å². The molecule has 5 N–H and O–H groups in total. The maximum atomic E-state index is 12.2. The molecule has 1 saturated carbocycles. The number of carboxylic acids is 1. The van der Waals surface area contributed by atoms with Crippen LogP contribution in [0.5, 0.6) is 5.75 Å². The average molecular weight is 663 g/mol. The minimum absolute atomic E-state index is 0.0458. The minimum atomic E-state index is -1.04. The van der Waals surface area contributed by atoms with Crippen LogP contribution in [0.3, 0.4) is 0 Å².